The van der Waals surface area contributed by atoms with Gasteiger partial charge in [-0.1, -0.05) is 49.7 Å². The Kier molecular flexibility index (Phi) is 7.25. The summed E-state index contributed by atoms with van der Waals surface area (Å²) in [5.41, 5.74) is 14.5. The first kappa shape index (κ1) is 27.6. The van der Waals surface area contributed by atoms with Crippen LogP contribution in [0, 0.1) is 37.5 Å². The molecule has 40 heavy (non-hydrogen) atoms. The molecule has 1 heterocycles. The molecule has 204 valence electrons. The van der Waals surface area contributed by atoms with Crippen molar-refractivity contribution in [1.82, 2.24) is 0 Å². The summed E-state index contributed by atoms with van der Waals surface area (Å²) in [6.45, 7) is 10.7. The van der Waals surface area contributed by atoms with Crippen LogP contribution in [0.2, 0.25) is 5.02 Å². The third-order valence-corrected chi connectivity index (χ3v) is 8.14. The van der Waals surface area contributed by atoms with E-state index in [0.29, 0.717) is 47.2 Å². The van der Waals surface area contributed by atoms with E-state index >= 15 is 0 Å². The molecule has 0 amide bonds. The first-order chi connectivity index (χ1) is 19.0. The fourth-order valence-electron chi connectivity index (χ4n) is 5.96. The highest BCUT2D eigenvalue weighted by molar-refractivity contribution is 6.30. The molecule has 1 atom stereocenters. The average molecular weight is 552 g/mol. The van der Waals surface area contributed by atoms with Crippen molar-refractivity contribution in [3.63, 3.8) is 0 Å². The number of halogens is 1. The second-order valence-electron chi connectivity index (χ2n) is 11.7. The Hall–Kier alpha value is -4.01. The van der Waals surface area contributed by atoms with Crippen molar-refractivity contribution in [2.24, 2.45) is 11.1 Å². The number of ketones is 1. The third-order valence-electron chi connectivity index (χ3n) is 7.88. The van der Waals surface area contributed by atoms with Crippen molar-refractivity contribution in [3.8, 4) is 11.8 Å². The van der Waals surface area contributed by atoms with Crippen LogP contribution >= 0.6 is 11.6 Å². The maximum atomic E-state index is 13.9. The van der Waals surface area contributed by atoms with E-state index in [0.717, 1.165) is 39.2 Å². The normalized spacial score (nSPS) is 18.5. The second-order valence-corrected chi connectivity index (χ2v) is 12.1. The number of hydrogen-bond donors (Lipinski definition) is 1. The fourth-order valence-corrected chi connectivity index (χ4v) is 6.08. The second kappa shape index (κ2) is 10.5. The number of nitriles is 1. The van der Waals surface area contributed by atoms with Gasteiger partial charge in [-0.2, -0.15) is 5.26 Å². The maximum Gasteiger partial charge on any atom is 0.162 e. The van der Waals surface area contributed by atoms with Crippen molar-refractivity contribution in [1.29, 1.82) is 5.26 Å². The van der Waals surface area contributed by atoms with E-state index in [2.05, 4.69) is 32.0 Å². The van der Waals surface area contributed by atoms with Gasteiger partial charge in [-0.3, -0.25) is 9.69 Å². The number of rotatable bonds is 5. The molecule has 0 radical (unpaired) electrons. The van der Waals surface area contributed by atoms with Crippen LogP contribution < -0.4 is 15.4 Å². The van der Waals surface area contributed by atoms with Crippen molar-refractivity contribution in [2.75, 3.05) is 4.90 Å². The molecule has 2 aliphatic rings. The molecular formula is C34H34ClN3O2. The molecule has 0 saturated heterocycles. The third kappa shape index (κ3) is 5.12. The summed E-state index contributed by atoms with van der Waals surface area (Å²) in [5.74, 6) is 0.614. The van der Waals surface area contributed by atoms with Crippen molar-refractivity contribution < 1.29 is 9.53 Å². The molecule has 5 rings (SSSR count). The van der Waals surface area contributed by atoms with Crippen LogP contribution in [-0.4, -0.2) is 5.78 Å². The van der Waals surface area contributed by atoms with E-state index < -0.39 is 5.92 Å². The predicted octanol–water partition coefficient (Wildman–Crippen LogP) is 7.79. The Bertz CT molecular complexity index is 1610. The lowest BCUT2D eigenvalue weighted by Crippen LogP contribution is -2.42. The van der Waals surface area contributed by atoms with Crippen molar-refractivity contribution in [3.05, 3.63) is 116 Å². The molecule has 1 unspecified atom stereocenters. The van der Waals surface area contributed by atoms with E-state index in [1.54, 1.807) is 12.1 Å². The van der Waals surface area contributed by atoms with Crippen LogP contribution in [-0.2, 0) is 11.4 Å². The Balaban J connectivity index is 1.66. The van der Waals surface area contributed by atoms with Crippen LogP contribution in [0.3, 0.4) is 0 Å². The molecule has 3 aromatic rings. The van der Waals surface area contributed by atoms with Crippen LogP contribution in [0.4, 0.5) is 5.69 Å². The summed E-state index contributed by atoms with van der Waals surface area (Å²) < 4.78 is 6.08. The molecule has 5 nitrogen and oxygen atoms in total. The number of allylic oxidation sites excluding steroid dienone is 3. The Morgan fingerprint density at radius 3 is 2.45 bits per heavy atom. The highest BCUT2D eigenvalue weighted by atomic mass is 35.5. The largest absolute Gasteiger partial charge is 0.489 e. The van der Waals surface area contributed by atoms with E-state index in [1.165, 1.54) is 0 Å². The lowest BCUT2D eigenvalue weighted by molar-refractivity contribution is -0.118. The van der Waals surface area contributed by atoms with E-state index in [9.17, 15) is 10.1 Å². The Morgan fingerprint density at radius 1 is 1.05 bits per heavy atom. The minimum absolute atomic E-state index is 0.0630. The van der Waals surface area contributed by atoms with E-state index in [-0.39, 0.29) is 11.2 Å². The molecule has 0 bridgehead atoms. The minimum atomic E-state index is -0.542. The molecule has 3 aromatic carbocycles. The maximum absolute atomic E-state index is 13.9. The Labute approximate surface area is 241 Å². The lowest BCUT2D eigenvalue weighted by Gasteiger charge is -2.44. The monoisotopic (exact) mass is 551 g/mol. The number of aryl methyl sites for hydroxylation is 3. The summed E-state index contributed by atoms with van der Waals surface area (Å²) in [6, 6.07) is 21.9. The number of carbonyl (C=O) groups excluding carboxylic acids is 1. The van der Waals surface area contributed by atoms with Crippen LogP contribution in [0.25, 0.3) is 0 Å². The molecule has 0 saturated carbocycles. The van der Waals surface area contributed by atoms with Gasteiger partial charge in [0.25, 0.3) is 0 Å². The van der Waals surface area contributed by atoms with Gasteiger partial charge in [0, 0.05) is 28.4 Å². The molecule has 1 aliphatic carbocycles. The minimum Gasteiger partial charge on any atom is -0.489 e. The molecule has 1 aliphatic heterocycles. The summed E-state index contributed by atoms with van der Waals surface area (Å²) >= 11 is 6.03. The number of anilines is 1. The van der Waals surface area contributed by atoms with E-state index in [1.807, 2.05) is 62.1 Å². The molecule has 0 spiro atoms. The number of hydrogen-bond acceptors (Lipinski definition) is 5. The standard InChI is InChI=1S/C34H34ClN3O2/c1-20-7-6-8-25(13-20)38-29-16-34(4,5)17-30(39)32(29)31(28(18-36)33(38)37)27-15-23(21(2)14-22(27)3)19-40-26-11-9-24(35)10-12-26/h6-15,31H,16-17,19,37H2,1-5H3. The molecule has 2 N–H and O–H groups in total. The average Bonchev–Trinajstić information content (AvgIpc) is 2.88. The number of nitrogens with zero attached hydrogens (tertiary/aromatic N) is 2. The zero-order valence-corrected chi connectivity index (χ0v) is 24.4. The summed E-state index contributed by atoms with van der Waals surface area (Å²) in [4.78, 5) is 15.9. The Morgan fingerprint density at radius 2 is 1.77 bits per heavy atom. The lowest BCUT2D eigenvalue weighted by atomic mass is 9.68. The van der Waals surface area contributed by atoms with Gasteiger partial charge in [-0.05, 0) is 96.8 Å². The molecule has 0 fully saturated rings. The van der Waals surface area contributed by atoms with Gasteiger partial charge in [0.15, 0.2) is 5.78 Å². The van der Waals surface area contributed by atoms with Crippen molar-refractivity contribution in [2.45, 2.75) is 60.0 Å². The topological polar surface area (TPSA) is 79.3 Å². The molecule has 6 heteroatoms. The van der Waals surface area contributed by atoms with Gasteiger partial charge in [0.1, 0.15) is 18.2 Å². The molecular weight excluding hydrogens is 518 g/mol. The smallest absolute Gasteiger partial charge is 0.162 e. The van der Waals surface area contributed by atoms with Gasteiger partial charge in [0.2, 0.25) is 0 Å². The predicted molar refractivity (Wildman–Crippen MR) is 160 cm³/mol. The number of ether oxygens (including phenoxy) is 1. The number of nitrogens with two attached hydrogens (primary N) is 1. The fraction of sp³-hybridized carbons (Fsp3) is 0.294. The van der Waals surface area contributed by atoms with Gasteiger partial charge >= 0.3 is 0 Å². The summed E-state index contributed by atoms with van der Waals surface area (Å²) in [7, 11) is 0. The van der Waals surface area contributed by atoms with Crippen LogP contribution in [0.5, 0.6) is 5.75 Å². The highest BCUT2D eigenvalue weighted by Gasteiger charge is 2.45. The first-order valence-corrected chi connectivity index (χ1v) is 13.9. The van der Waals surface area contributed by atoms with Crippen LogP contribution in [0.1, 0.15) is 60.4 Å². The summed E-state index contributed by atoms with van der Waals surface area (Å²) in [5, 5.41) is 11.1. The first-order valence-electron chi connectivity index (χ1n) is 13.5. The van der Waals surface area contributed by atoms with Gasteiger partial charge in [-0.25, -0.2) is 0 Å². The molecule has 0 aromatic heterocycles. The quantitative estimate of drug-likeness (QED) is 0.350. The summed E-state index contributed by atoms with van der Waals surface area (Å²) in [6.07, 6.45) is 1.09. The van der Waals surface area contributed by atoms with Gasteiger partial charge in [-0.15, -0.1) is 0 Å². The SMILES string of the molecule is Cc1cccc(N2C(N)=C(C#N)C(c3cc(COc4ccc(Cl)cc4)c(C)cc3C)C3=C2CC(C)(C)CC3=O)c1. The van der Waals surface area contributed by atoms with E-state index in [4.69, 9.17) is 22.1 Å². The number of benzene rings is 3. The van der Waals surface area contributed by atoms with Crippen molar-refractivity contribution >= 4 is 23.1 Å². The number of carbonyl (C=O) groups is 1. The van der Waals surface area contributed by atoms with Crippen LogP contribution in [0.15, 0.2) is 83.3 Å². The highest BCUT2D eigenvalue weighted by Crippen LogP contribution is 2.51. The van der Waals surface area contributed by atoms with Gasteiger partial charge < -0.3 is 10.5 Å². The zero-order valence-electron chi connectivity index (χ0n) is 23.6. The van der Waals surface area contributed by atoms with Gasteiger partial charge in [0.05, 0.1) is 17.6 Å². The number of Topliss-reactive ketones (excluding diaryl/α,β-unsaturated/α-hetero) is 1. The zero-order chi connectivity index (χ0) is 28.8.